The van der Waals surface area contributed by atoms with Crippen LogP contribution in [-0.4, -0.2) is 47.8 Å². The number of nitrogens with one attached hydrogen (secondary N) is 1. The maximum absolute atomic E-state index is 10.0. The first kappa shape index (κ1) is 11.9. The lowest BCUT2D eigenvalue weighted by molar-refractivity contribution is 0.0375. The second-order valence-electron chi connectivity index (χ2n) is 6.17. The predicted molar refractivity (Wildman–Crippen MR) is 69.0 cm³/mol. The Hall–Kier alpha value is -0.120. The first-order valence-corrected chi connectivity index (χ1v) is 7.50. The van der Waals surface area contributed by atoms with E-state index in [0.717, 1.165) is 18.4 Å². The molecule has 0 spiro atoms. The summed E-state index contributed by atoms with van der Waals surface area (Å²) in [5.74, 6) is 0.832. The van der Waals surface area contributed by atoms with E-state index in [0.29, 0.717) is 6.04 Å². The van der Waals surface area contributed by atoms with Gasteiger partial charge in [0.15, 0.2) is 0 Å². The minimum Gasteiger partial charge on any atom is -0.391 e. The van der Waals surface area contributed by atoms with Gasteiger partial charge in [0, 0.05) is 18.6 Å². The van der Waals surface area contributed by atoms with Gasteiger partial charge in [-0.15, -0.1) is 0 Å². The van der Waals surface area contributed by atoms with Crippen molar-refractivity contribution in [2.75, 3.05) is 19.6 Å². The van der Waals surface area contributed by atoms with Gasteiger partial charge in [-0.2, -0.15) is 0 Å². The summed E-state index contributed by atoms with van der Waals surface area (Å²) >= 11 is 0. The van der Waals surface area contributed by atoms with E-state index in [1.165, 1.54) is 58.2 Å². The minimum atomic E-state index is -0.0507. The van der Waals surface area contributed by atoms with Crippen LogP contribution >= 0.6 is 0 Å². The van der Waals surface area contributed by atoms with Crippen LogP contribution in [-0.2, 0) is 0 Å². The fourth-order valence-corrected chi connectivity index (χ4v) is 4.13. The molecule has 3 fully saturated rings. The van der Waals surface area contributed by atoms with Gasteiger partial charge in [0.25, 0.3) is 0 Å². The van der Waals surface area contributed by atoms with Gasteiger partial charge in [0.2, 0.25) is 0 Å². The molecule has 17 heavy (non-hydrogen) atoms. The zero-order chi connectivity index (χ0) is 11.7. The Morgan fingerprint density at radius 2 is 1.94 bits per heavy atom. The molecule has 3 aliphatic rings. The van der Waals surface area contributed by atoms with Crippen LogP contribution in [0, 0.1) is 5.92 Å². The summed E-state index contributed by atoms with van der Waals surface area (Å²) in [5, 5.41) is 13.7. The normalized spacial score (nSPS) is 44.3. The van der Waals surface area contributed by atoms with E-state index in [-0.39, 0.29) is 6.10 Å². The van der Waals surface area contributed by atoms with Crippen molar-refractivity contribution in [3.63, 3.8) is 0 Å². The lowest BCUT2D eigenvalue weighted by atomic mass is 9.88. The molecule has 2 N–H and O–H groups in total. The number of aliphatic hydroxyl groups is 1. The molecular formula is C14H26N2O. The summed E-state index contributed by atoms with van der Waals surface area (Å²) < 4.78 is 0. The maximum atomic E-state index is 10.0. The highest BCUT2D eigenvalue weighted by Crippen LogP contribution is 2.30. The van der Waals surface area contributed by atoms with Gasteiger partial charge < -0.3 is 10.4 Å². The van der Waals surface area contributed by atoms with Gasteiger partial charge in [0.05, 0.1) is 6.10 Å². The average Bonchev–Trinajstić information content (AvgIpc) is 2.99. The van der Waals surface area contributed by atoms with E-state index in [1.807, 2.05) is 0 Å². The second-order valence-corrected chi connectivity index (χ2v) is 6.17. The van der Waals surface area contributed by atoms with E-state index in [4.69, 9.17) is 0 Å². The fourth-order valence-electron chi connectivity index (χ4n) is 4.13. The van der Waals surface area contributed by atoms with Gasteiger partial charge in [0.1, 0.15) is 0 Å². The highest BCUT2D eigenvalue weighted by Gasteiger charge is 2.36. The number of nitrogens with zero attached hydrogens (tertiary/aromatic N) is 1. The average molecular weight is 238 g/mol. The van der Waals surface area contributed by atoms with Crippen molar-refractivity contribution in [1.29, 1.82) is 0 Å². The minimum absolute atomic E-state index is 0.0507. The molecule has 3 rings (SSSR count). The van der Waals surface area contributed by atoms with Crippen molar-refractivity contribution in [2.45, 2.75) is 63.1 Å². The highest BCUT2D eigenvalue weighted by molar-refractivity contribution is 4.92. The highest BCUT2D eigenvalue weighted by atomic mass is 16.3. The van der Waals surface area contributed by atoms with Gasteiger partial charge >= 0.3 is 0 Å². The SMILES string of the molecule is OC1CCCC1N1CCCC(C2CCCN2)C1. The zero-order valence-electron chi connectivity index (χ0n) is 10.8. The predicted octanol–water partition coefficient (Wildman–Crippen LogP) is 1.36. The van der Waals surface area contributed by atoms with E-state index in [9.17, 15) is 5.11 Å². The zero-order valence-corrected chi connectivity index (χ0v) is 10.8. The van der Waals surface area contributed by atoms with Gasteiger partial charge in [-0.3, -0.25) is 4.90 Å². The lowest BCUT2D eigenvalue weighted by Crippen LogP contribution is -2.49. The van der Waals surface area contributed by atoms with Crippen LogP contribution in [0.5, 0.6) is 0 Å². The number of hydrogen-bond acceptors (Lipinski definition) is 3. The third kappa shape index (κ3) is 2.51. The molecule has 4 atom stereocenters. The summed E-state index contributed by atoms with van der Waals surface area (Å²) in [5.41, 5.74) is 0. The van der Waals surface area contributed by atoms with Crippen molar-refractivity contribution in [3.05, 3.63) is 0 Å². The smallest absolute Gasteiger partial charge is 0.0695 e. The Morgan fingerprint density at radius 1 is 1.00 bits per heavy atom. The summed E-state index contributed by atoms with van der Waals surface area (Å²) in [4.78, 5) is 2.59. The Labute approximate surface area is 105 Å². The fraction of sp³-hybridized carbons (Fsp3) is 1.00. The molecule has 3 heteroatoms. The molecule has 2 aliphatic heterocycles. The molecule has 3 nitrogen and oxygen atoms in total. The Morgan fingerprint density at radius 3 is 2.65 bits per heavy atom. The quantitative estimate of drug-likeness (QED) is 0.762. The van der Waals surface area contributed by atoms with Crippen LogP contribution in [0.1, 0.15) is 44.9 Å². The van der Waals surface area contributed by atoms with Crippen molar-refractivity contribution < 1.29 is 5.11 Å². The Balaban J connectivity index is 1.59. The number of rotatable bonds is 2. The molecule has 0 bridgehead atoms. The molecule has 2 saturated heterocycles. The van der Waals surface area contributed by atoms with Crippen molar-refractivity contribution in [2.24, 2.45) is 5.92 Å². The third-order valence-corrected chi connectivity index (χ3v) is 5.07. The van der Waals surface area contributed by atoms with E-state index in [1.54, 1.807) is 0 Å². The van der Waals surface area contributed by atoms with Crippen molar-refractivity contribution in [3.8, 4) is 0 Å². The molecule has 1 saturated carbocycles. The molecule has 0 aromatic carbocycles. The molecule has 2 heterocycles. The largest absolute Gasteiger partial charge is 0.391 e. The molecule has 98 valence electrons. The molecular weight excluding hydrogens is 212 g/mol. The van der Waals surface area contributed by atoms with Crippen LogP contribution in [0.25, 0.3) is 0 Å². The monoisotopic (exact) mass is 238 g/mol. The van der Waals surface area contributed by atoms with Crippen LogP contribution in [0.15, 0.2) is 0 Å². The third-order valence-electron chi connectivity index (χ3n) is 5.07. The van der Waals surface area contributed by atoms with Crippen LogP contribution in [0.2, 0.25) is 0 Å². The second kappa shape index (κ2) is 5.25. The Bertz CT molecular complexity index is 253. The molecule has 0 radical (unpaired) electrons. The van der Waals surface area contributed by atoms with E-state index >= 15 is 0 Å². The number of aliphatic hydroxyl groups excluding tert-OH is 1. The first-order chi connectivity index (χ1) is 8.34. The van der Waals surface area contributed by atoms with Crippen LogP contribution in [0.4, 0.5) is 0 Å². The standard InChI is InChI=1S/C14H26N2O/c17-14-7-1-6-13(14)16-9-3-4-11(10-16)12-5-2-8-15-12/h11-15,17H,1-10H2. The van der Waals surface area contributed by atoms with Gasteiger partial charge in [-0.1, -0.05) is 0 Å². The Kier molecular flexibility index (Phi) is 3.69. The lowest BCUT2D eigenvalue weighted by Gasteiger charge is -2.40. The molecule has 4 unspecified atom stereocenters. The summed E-state index contributed by atoms with van der Waals surface area (Å²) in [6.07, 6.45) is 8.83. The number of hydrogen-bond donors (Lipinski definition) is 2. The number of piperidine rings is 1. The van der Waals surface area contributed by atoms with Gasteiger partial charge in [-0.05, 0) is 64.0 Å². The van der Waals surface area contributed by atoms with Crippen molar-refractivity contribution in [1.82, 2.24) is 10.2 Å². The van der Waals surface area contributed by atoms with Crippen molar-refractivity contribution >= 4 is 0 Å². The summed E-state index contributed by atoms with van der Waals surface area (Å²) in [6.45, 7) is 3.65. The summed E-state index contributed by atoms with van der Waals surface area (Å²) in [7, 11) is 0. The van der Waals surface area contributed by atoms with E-state index < -0.39 is 0 Å². The first-order valence-electron chi connectivity index (χ1n) is 7.50. The maximum Gasteiger partial charge on any atom is 0.0695 e. The summed E-state index contributed by atoms with van der Waals surface area (Å²) in [6, 6.07) is 1.23. The molecule has 0 amide bonds. The van der Waals surface area contributed by atoms with Crippen LogP contribution in [0.3, 0.4) is 0 Å². The van der Waals surface area contributed by atoms with Crippen LogP contribution < -0.4 is 5.32 Å². The molecule has 0 aromatic rings. The van der Waals surface area contributed by atoms with E-state index in [2.05, 4.69) is 10.2 Å². The molecule has 1 aliphatic carbocycles. The molecule has 0 aromatic heterocycles. The number of likely N-dealkylation sites (tertiary alicyclic amines) is 1. The topological polar surface area (TPSA) is 35.5 Å². The van der Waals surface area contributed by atoms with Gasteiger partial charge in [-0.25, -0.2) is 0 Å².